The van der Waals surface area contributed by atoms with Gasteiger partial charge < -0.3 is 14.4 Å². The van der Waals surface area contributed by atoms with Crippen molar-refractivity contribution in [3.8, 4) is 0 Å². The van der Waals surface area contributed by atoms with Gasteiger partial charge in [0.25, 0.3) is 0 Å². The van der Waals surface area contributed by atoms with Crippen molar-refractivity contribution >= 4 is 11.8 Å². The third-order valence-electron chi connectivity index (χ3n) is 5.86. The van der Waals surface area contributed by atoms with E-state index in [1.807, 2.05) is 65.2 Å². The predicted octanol–water partition coefficient (Wildman–Crippen LogP) is 3.93. The molecule has 166 valence electrons. The molecular weight excluding hydrogens is 405 g/mol. The number of carbonyl (C=O) groups is 2. The zero-order valence-corrected chi connectivity index (χ0v) is 18.3. The fraction of sp³-hybridized carbons (Fsp3) is 0.308. The summed E-state index contributed by atoms with van der Waals surface area (Å²) in [6.07, 6.45) is 3.96. The lowest BCUT2D eigenvalue weighted by molar-refractivity contribution is -0.141. The highest BCUT2D eigenvalue weighted by Gasteiger charge is 2.34. The van der Waals surface area contributed by atoms with Crippen molar-refractivity contribution in [2.75, 3.05) is 6.54 Å². The normalized spacial score (nSPS) is 13.1. The zero-order chi connectivity index (χ0) is 22.5. The van der Waals surface area contributed by atoms with Crippen LogP contribution in [0.4, 0.5) is 4.39 Å². The van der Waals surface area contributed by atoms with Gasteiger partial charge in [0, 0.05) is 31.5 Å². The van der Waals surface area contributed by atoms with Gasteiger partial charge in [0.1, 0.15) is 12.4 Å². The number of nitrogens with zero attached hydrogens (tertiary/aromatic N) is 3. The van der Waals surface area contributed by atoms with Crippen LogP contribution in [0.3, 0.4) is 0 Å². The SMILES string of the molecule is Cn1cccc1CN(Cc1ccccc1)C(=O)CN(C(=O)Cc1ccc(F)cc1)C1CC1. The minimum Gasteiger partial charge on any atom is -0.353 e. The lowest BCUT2D eigenvalue weighted by atomic mass is 10.1. The molecule has 1 fully saturated rings. The van der Waals surface area contributed by atoms with Gasteiger partial charge in [-0.1, -0.05) is 42.5 Å². The van der Waals surface area contributed by atoms with E-state index in [1.165, 1.54) is 12.1 Å². The average molecular weight is 434 g/mol. The number of aryl methyl sites for hydroxylation is 1. The number of amides is 2. The van der Waals surface area contributed by atoms with E-state index in [2.05, 4.69) is 0 Å². The number of aromatic nitrogens is 1. The van der Waals surface area contributed by atoms with Gasteiger partial charge in [0.05, 0.1) is 13.0 Å². The Balaban J connectivity index is 1.48. The molecule has 3 aromatic rings. The smallest absolute Gasteiger partial charge is 0.242 e. The second kappa shape index (κ2) is 9.81. The van der Waals surface area contributed by atoms with Gasteiger partial charge in [-0.3, -0.25) is 9.59 Å². The van der Waals surface area contributed by atoms with E-state index in [0.717, 1.165) is 29.7 Å². The van der Waals surface area contributed by atoms with Gasteiger partial charge in [-0.2, -0.15) is 0 Å². The molecule has 0 atom stereocenters. The van der Waals surface area contributed by atoms with Gasteiger partial charge in [-0.05, 0) is 48.2 Å². The average Bonchev–Trinajstić information content (AvgIpc) is 3.55. The van der Waals surface area contributed by atoms with Crippen LogP contribution in [-0.2, 0) is 36.1 Å². The standard InChI is InChI=1S/C26H28FN3O2/c1-28-15-5-8-24(28)18-29(17-21-6-3-2-4-7-21)26(32)19-30(23-13-14-23)25(31)16-20-9-11-22(27)12-10-20/h2-12,15,23H,13-14,16-19H2,1H3. The lowest BCUT2D eigenvalue weighted by Crippen LogP contribution is -2.44. The molecule has 0 radical (unpaired) electrons. The molecule has 0 aliphatic heterocycles. The van der Waals surface area contributed by atoms with Crippen LogP contribution < -0.4 is 0 Å². The number of benzene rings is 2. The van der Waals surface area contributed by atoms with Crippen molar-refractivity contribution in [1.82, 2.24) is 14.4 Å². The van der Waals surface area contributed by atoms with E-state index < -0.39 is 0 Å². The predicted molar refractivity (Wildman–Crippen MR) is 121 cm³/mol. The molecule has 1 aliphatic rings. The van der Waals surface area contributed by atoms with Crippen LogP contribution in [0.15, 0.2) is 72.9 Å². The first-order chi connectivity index (χ1) is 15.5. The second-order valence-corrected chi connectivity index (χ2v) is 8.40. The Kier molecular flexibility index (Phi) is 6.69. The maximum atomic E-state index is 13.4. The van der Waals surface area contributed by atoms with E-state index in [0.29, 0.717) is 13.1 Å². The molecule has 6 heteroatoms. The molecule has 2 amide bonds. The Hall–Kier alpha value is -3.41. The molecule has 0 spiro atoms. The Bertz CT molecular complexity index is 1060. The van der Waals surface area contributed by atoms with Crippen LogP contribution in [0.5, 0.6) is 0 Å². The highest BCUT2D eigenvalue weighted by atomic mass is 19.1. The molecular formula is C26H28FN3O2. The molecule has 1 saturated carbocycles. The van der Waals surface area contributed by atoms with E-state index >= 15 is 0 Å². The fourth-order valence-electron chi connectivity index (χ4n) is 3.82. The number of rotatable bonds is 9. The molecule has 1 aromatic heterocycles. The summed E-state index contributed by atoms with van der Waals surface area (Å²) in [5, 5.41) is 0. The summed E-state index contributed by atoms with van der Waals surface area (Å²) in [5.41, 5.74) is 2.83. The Labute approximate surface area is 188 Å². The molecule has 4 rings (SSSR count). The van der Waals surface area contributed by atoms with E-state index in [4.69, 9.17) is 0 Å². The Morgan fingerprint density at radius 3 is 2.25 bits per heavy atom. The minimum atomic E-state index is -0.326. The summed E-state index contributed by atoms with van der Waals surface area (Å²) in [4.78, 5) is 29.9. The van der Waals surface area contributed by atoms with Gasteiger partial charge >= 0.3 is 0 Å². The summed E-state index contributed by atoms with van der Waals surface area (Å²) < 4.78 is 15.2. The summed E-state index contributed by atoms with van der Waals surface area (Å²) in [5.74, 6) is -0.493. The molecule has 1 aliphatic carbocycles. The number of halogens is 1. The fourth-order valence-corrected chi connectivity index (χ4v) is 3.82. The van der Waals surface area contributed by atoms with Crippen LogP contribution in [0.25, 0.3) is 0 Å². The molecule has 1 heterocycles. The molecule has 32 heavy (non-hydrogen) atoms. The van der Waals surface area contributed by atoms with Crippen LogP contribution in [0.1, 0.15) is 29.7 Å². The molecule has 2 aromatic carbocycles. The number of hydrogen-bond acceptors (Lipinski definition) is 2. The Morgan fingerprint density at radius 1 is 0.906 bits per heavy atom. The van der Waals surface area contributed by atoms with Crippen molar-refractivity contribution < 1.29 is 14.0 Å². The van der Waals surface area contributed by atoms with Crippen LogP contribution >= 0.6 is 0 Å². The second-order valence-electron chi connectivity index (χ2n) is 8.40. The zero-order valence-electron chi connectivity index (χ0n) is 18.3. The summed E-state index contributed by atoms with van der Waals surface area (Å²) in [6, 6.07) is 19.9. The maximum absolute atomic E-state index is 13.4. The Morgan fingerprint density at radius 2 is 1.62 bits per heavy atom. The van der Waals surface area contributed by atoms with Crippen LogP contribution in [0.2, 0.25) is 0 Å². The first-order valence-corrected chi connectivity index (χ1v) is 11.0. The van der Waals surface area contributed by atoms with Crippen LogP contribution in [0, 0.1) is 5.82 Å². The maximum Gasteiger partial charge on any atom is 0.242 e. The number of carbonyl (C=O) groups excluding carboxylic acids is 2. The molecule has 0 unspecified atom stereocenters. The van der Waals surface area contributed by atoms with Gasteiger partial charge in [-0.25, -0.2) is 4.39 Å². The summed E-state index contributed by atoms with van der Waals surface area (Å²) in [6.45, 7) is 1.01. The van der Waals surface area contributed by atoms with Crippen LogP contribution in [-0.4, -0.2) is 38.8 Å². The molecule has 0 bridgehead atoms. The van der Waals surface area contributed by atoms with Gasteiger partial charge in [-0.15, -0.1) is 0 Å². The summed E-state index contributed by atoms with van der Waals surface area (Å²) >= 11 is 0. The quantitative estimate of drug-likeness (QED) is 0.513. The van der Waals surface area contributed by atoms with Crippen molar-refractivity contribution in [1.29, 1.82) is 0 Å². The topological polar surface area (TPSA) is 45.6 Å². The van der Waals surface area contributed by atoms with Crippen molar-refractivity contribution in [2.24, 2.45) is 7.05 Å². The van der Waals surface area contributed by atoms with E-state index in [1.54, 1.807) is 17.0 Å². The van der Waals surface area contributed by atoms with E-state index in [-0.39, 0.29) is 36.6 Å². The van der Waals surface area contributed by atoms with E-state index in [9.17, 15) is 14.0 Å². The van der Waals surface area contributed by atoms with Crippen molar-refractivity contribution in [2.45, 2.75) is 38.4 Å². The largest absolute Gasteiger partial charge is 0.353 e. The highest BCUT2D eigenvalue weighted by molar-refractivity contribution is 5.86. The van der Waals surface area contributed by atoms with Crippen molar-refractivity contribution in [3.05, 3.63) is 95.6 Å². The molecule has 0 saturated heterocycles. The monoisotopic (exact) mass is 433 g/mol. The third kappa shape index (κ3) is 5.63. The van der Waals surface area contributed by atoms with Crippen molar-refractivity contribution in [3.63, 3.8) is 0 Å². The first kappa shape index (κ1) is 21.8. The summed E-state index contributed by atoms with van der Waals surface area (Å²) in [7, 11) is 1.96. The molecule has 5 nitrogen and oxygen atoms in total. The number of hydrogen-bond donors (Lipinski definition) is 0. The lowest BCUT2D eigenvalue weighted by Gasteiger charge is -2.28. The molecule has 0 N–H and O–H groups in total. The highest BCUT2D eigenvalue weighted by Crippen LogP contribution is 2.28. The third-order valence-corrected chi connectivity index (χ3v) is 5.86. The first-order valence-electron chi connectivity index (χ1n) is 11.0. The minimum absolute atomic E-state index is 0.0575. The van der Waals surface area contributed by atoms with Gasteiger partial charge in [0.2, 0.25) is 11.8 Å². The van der Waals surface area contributed by atoms with Gasteiger partial charge in [0.15, 0.2) is 0 Å².